The van der Waals surface area contributed by atoms with Crippen LogP contribution in [-0.4, -0.2) is 27.1 Å². The van der Waals surface area contributed by atoms with Crippen LogP contribution in [0.15, 0.2) is 24.3 Å². The fraction of sp³-hybridized carbons (Fsp3) is 0.364. The maximum absolute atomic E-state index is 8.68. The Kier molecular flexibility index (Phi) is 4.61. The third-order valence-electron chi connectivity index (χ3n) is 1.88. The van der Waals surface area contributed by atoms with Gasteiger partial charge in [-0.05, 0) is 18.2 Å². The second kappa shape index (κ2) is 6.02. The summed E-state index contributed by atoms with van der Waals surface area (Å²) in [4.78, 5) is 0. The average molecular weight is 207 g/mol. The normalized spacial score (nSPS) is 10.0. The molecule has 4 nitrogen and oxygen atoms in total. The minimum atomic E-state index is -0.393. The van der Waals surface area contributed by atoms with E-state index in [2.05, 4.69) is 0 Å². The van der Waals surface area contributed by atoms with E-state index >= 15 is 0 Å². The van der Waals surface area contributed by atoms with Crippen LogP contribution in [0.25, 0.3) is 0 Å². The molecule has 0 spiro atoms. The van der Waals surface area contributed by atoms with Gasteiger partial charge in [-0.15, -0.1) is 0 Å². The van der Waals surface area contributed by atoms with Gasteiger partial charge in [-0.2, -0.15) is 5.26 Å². The number of nitriles is 1. The molecule has 0 atom stereocenters. The monoisotopic (exact) mass is 207 g/mol. The van der Waals surface area contributed by atoms with Crippen molar-refractivity contribution in [3.05, 3.63) is 29.8 Å². The topological polar surface area (TPSA) is 51.5 Å². The molecular weight excluding hydrogens is 194 g/mol. The lowest BCUT2D eigenvalue weighted by molar-refractivity contribution is -0.121. The first-order valence-corrected chi connectivity index (χ1v) is 4.48. The molecule has 0 heterocycles. The number of ether oxygens (including phenoxy) is 3. The van der Waals surface area contributed by atoms with Gasteiger partial charge in [0.05, 0.1) is 11.6 Å². The molecule has 4 heteroatoms. The summed E-state index contributed by atoms with van der Waals surface area (Å²) < 4.78 is 15.3. The predicted octanol–water partition coefficient (Wildman–Crippen LogP) is 1.56. The lowest BCUT2D eigenvalue weighted by Gasteiger charge is -2.14. The lowest BCUT2D eigenvalue weighted by Crippen LogP contribution is -2.21. The van der Waals surface area contributed by atoms with E-state index in [0.29, 0.717) is 17.9 Å². The van der Waals surface area contributed by atoms with Crippen molar-refractivity contribution < 1.29 is 14.2 Å². The SMILES string of the molecule is COC(COc1cccc(C#N)c1)OC. The van der Waals surface area contributed by atoms with Crippen molar-refractivity contribution >= 4 is 0 Å². The first-order valence-electron chi connectivity index (χ1n) is 4.48. The minimum absolute atomic E-state index is 0.294. The molecule has 0 bridgehead atoms. The van der Waals surface area contributed by atoms with E-state index < -0.39 is 6.29 Å². The first kappa shape index (κ1) is 11.5. The molecule has 0 N–H and O–H groups in total. The Hall–Kier alpha value is -1.57. The highest BCUT2D eigenvalue weighted by atomic mass is 16.7. The van der Waals surface area contributed by atoms with Gasteiger partial charge in [0, 0.05) is 14.2 Å². The summed E-state index contributed by atoms with van der Waals surface area (Å²) in [6, 6.07) is 8.98. The Labute approximate surface area is 89.0 Å². The summed E-state index contributed by atoms with van der Waals surface area (Å²) in [6.07, 6.45) is -0.393. The molecule has 0 unspecified atom stereocenters. The largest absolute Gasteiger partial charge is 0.488 e. The van der Waals surface area contributed by atoms with Gasteiger partial charge in [0.25, 0.3) is 0 Å². The zero-order valence-corrected chi connectivity index (χ0v) is 8.77. The quantitative estimate of drug-likeness (QED) is 0.687. The van der Waals surface area contributed by atoms with Gasteiger partial charge in [0.1, 0.15) is 12.4 Å². The number of methoxy groups -OCH3 is 2. The Bertz CT molecular complexity index is 342. The predicted molar refractivity (Wildman–Crippen MR) is 54.5 cm³/mol. The second-order valence-electron chi connectivity index (χ2n) is 2.85. The molecule has 0 aliphatic carbocycles. The molecule has 1 rings (SSSR count). The van der Waals surface area contributed by atoms with Crippen LogP contribution in [0.4, 0.5) is 0 Å². The van der Waals surface area contributed by atoms with Crippen LogP contribution in [0.5, 0.6) is 5.75 Å². The molecule has 0 fully saturated rings. The van der Waals surface area contributed by atoms with Crippen LogP contribution in [0.2, 0.25) is 0 Å². The van der Waals surface area contributed by atoms with Crippen molar-refractivity contribution in [3.63, 3.8) is 0 Å². The zero-order chi connectivity index (χ0) is 11.1. The highest BCUT2D eigenvalue weighted by Gasteiger charge is 2.05. The van der Waals surface area contributed by atoms with Crippen molar-refractivity contribution in [1.82, 2.24) is 0 Å². The molecule has 0 amide bonds. The van der Waals surface area contributed by atoms with Gasteiger partial charge in [-0.3, -0.25) is 0 Å². The van der Waals surface area contributed by atoms with Gasteiger partial charge in [-0.1, -0.05) is 6.07 Å². The van der Waals surface area contributed by atoms with Crippen molar-refractivity contribution in [1.29, 1.82) is 5.26 Å². The minimum Gasteiger partial charge on any atom is -0.488 e. The summed E-state index contributed by atoms with van der Waals surface area (Å²) in [6.45, 7) is 0.294. The van der Waals surface area contributed by atoms with Crippen molar-refractivity contribution in [2.75, 3.05) is 20.8 Å². The second-order valence-corrected chi connectivity index (χ2v) is 2.85. The Morgan fingerprint density at radius 3 is 2.67 bits per heavy atom. The highest BCUT2D eigenvalue weighted by Crippen LogP contribution is 2.12. The maximum Gasteiger partial charge on any atom is 0.191 e. The summed E-state index contributed by atoms with van der Waals surface area (Å²) in [7, 11) is 3.09. The summed E-state index contributed by atoms with van der Waals surface area (Å²) in [5.74, 6) is 0.633. The van der Waals surface area contributed by atoms with E-state index in [-0.39, 0.29) is 0 Å². The molecule has 80 valence electrons. The van der Waals surface area contributed by atoms with Crippen LogP contribution in [0.1, 0.15) is 5.56 Å². The van der Waals surface area contributed by atoms with E-state index in [9.17, 15) is 0 Å². The van der Waals surface area contributed by atoms with Crippen molar-refractivity contribution in [3.8, 4) is 11.8 Å². The van der Waals surface area contributed by atoms with Crippen LogP contribution < -0.4 is 4.74 Å². The van der Waals surface area contributed by atoms with Gasteiger partial charge in [-0.25, -0.2) is 0 Å². The van der Waals surface area contributed by atoms with E-state index in [1.165, 1.54) is 0 Å². The van der Waals surface area contributed by atoms with Crippen LogP contribution >= 0.6 is 0 Å². The van der Waals surface area contributed by atoms with E-state index in [4.69, 9.17) is 19.5 Å². The average Bonchev–Trinajstić information content (AvgIpc) is 2.31. The van der Waals surface area contributed by atoms with Crippen LogP contribution in [0.3, 0.4) is 0 Å². The molecule has 0 aromatic heterocycles. The fourth-order valence-corrected chi connectivity index (χ4v) is 1.05. The molecule has 0 saturated heterocycles. The fourth-order valence-electron chi connectivity index (χ4n) is 1.05. The van der Waals surface area contributed by atoms with Crippen molar-refractivity contribution in [2.45, 2.75) is 6.29 Å². The zero-order valence-electron chi connectivity index (χ0n) is 8.77. The highest BCUT2D eigenvalue weighted by molar-refractivity contribution is 5.36. The number of hydrogen-bond donors (Lipinski definition) is 0. The number of hydrogen-bond acceptors (Lipinski definition) is 4. The molecule has 1 aromatic carbocycles. The van der Waals surface area contributed by atoms with E-state index in [1.54, 1.807) is 38.5 Å². The van der Waals surface area contributed by atoms with Gasteiger partial charge < -0.3 is 14.2 Å². The Morgan fingerprint density at radius 1 is 1.33 bits per heavy atom. The summed E-state index contributed by atoms with van der Waals surface area (Å²) in [5.41, 5.74) is 0.568. The molecule has 0 aliphatic rings. The molecule has 15 heavy (non-hydrogen) atoms. The Balaban J connectivity index is 2.54. The summed E-state index contributed by atoms with van der Waals surface area (Å²) in [5, 5.41) is 8.68. The van der Waals surface area contributed by atoms with Gasteiger partial charge >= 0.3 is 0 Å². The standard InChI is InChI=1S/C11H13NO3/c1-13-11(14-2)8-15-10-5-3-4-9(6-10)7-12/h3-6,11H,8H2,1-2H3. The van der Waals surface area contributed by atoms with Gasteiger partial charge in [0.15, 0.2) is 6.29 Å². The maximum atomic E-state index is 8.68. The van der Waals surface area contributed by atoms with Crippen molar-refractivity contribution in [2.24, 2.45) is 0 Å². The first-order chi connectivity index (χ1) is 7.30. The lowest BCUT2D eigenvalue weighted by atomic mass is 10.2. The van der Waals surface area contributed by atoms with E-state index in [0.717, 1.165) is 0 Å². The molecule has 0 radical (unpaired) electrons. The third kappa shape index (κ3) is 3.58. The molecule has 1 aromatic rings. The number of nitrogens with zero attached hydrogens (tertiary/aromatic N) is 1. The molecule has 0 aliphatic heterocycles. The third-order valence-corrected chi connectivity index (χ3v) is 1.88. The molecular formula is C11H13NO3. The van der Waals surface area contributed by atoms with E-state index in [1.807, 2.05) is 6.07 Å². The van der Waals surface area contributed by atoms with Crippen LogP contribution in [-0.2, 0) is 9.47 Å². The number of benzene rings is 1. The Morgan fingerprint density at radius 2 is 2.07 bits per heavy atom. The van der Waals surface area contributed by atoms with Crippen LogP contribution in [0, 0.1) is 11.3 Å². The van der Waals surface area contributed by atoms with Gasteiger partial charge in [0.2, 0.25) is 0 Å². The summed E-state index contributed by atoms with van der Waals surface area (Å²) >= 11 is 0. The molecule has 0 saturated carbocycles. The number of rotatable bonds is 5. The smallest absolute Gasteiger partial charge is 0.191 e.